The van der Waals surface area contributed by atoms with Crippen LogP contribution >= 0.6 is 11.8 Å². The van der Waals surface area contributed by atoms with E-state index in [-0.39, 0.29) is 11.9 Å². The molecule has 21 heavy (non-hydrogen) atoms. The third kappa shape index (κ3) is 4.85. The quantitative estimate of drug-likeness (QED) is 0.328. The fourth-order valence-corrected chi connectivity index (χ4v) is 4.85. The van der Waals surface area contributed by atoms with Gasteiger partial charge in [-0.15, -0.1) is 6.58 Å². The number of aliphatic imine (C=N–C) groups is 1. The van der Waals surface area contributed by atoms with E-state index in [1.54, 1.807) is 11.8 Å². The van der Waals surface area contributed by atoms with Crippen LogP contribution in [0.5, 0.6) is 0 Å². The molecule has 2 saturated carbocycles. The molecule has 2 rings (SSSR count). The second kappa shape index (κ2) is 7.99. The Kier molecular flexibility index (Phi) is 6.30. The number of hydrogen-bond acceptors (Lipinski definition) is 3. The molecule has 0 aromatic carbocycles. The van der Waals surface area contributed by atoms with Crippen molar-refractivity contribution in [2.24, 2.45) is 16.8 Å². The lowest BCUT2D eigenvalue weighted by Gasteiger charge is -2.25. The van der Waals surface area contributed by atoms with Gasteiger partial charge < -0.3 is 10.4 Å². The zero-order valence-electron chi connectivity index (χ0n) is 12.8. The number of aliphatic hydroxyl groups excluding tert-OH is 1. The molecule has 0 saturated heterocycles. The summed E-state index contributed by atoms with van der Waals surface area (Å²) in [4.78, 5) is 14.8. The Bertz CT molecular complexity index is 411. The van der Waals surface area contributed by atoms with Crippen LogP contribution in [0.15, 0.2) is 17.1 Å². The number of nitrogens with zero attached hydrogens (tertiary/aromatic N) is 1. The van der Waals surface area contributed by atoms with Crippen molar-refractivity contribution in [3.8, 4) is 0 Å². The molecule has 1 unspecified atom stereocenters. The topological polar surface area (TPSA) is 61.7 Å². The molecule has 2 aliphatic carbocycles. The van der Waals surface area contributed by atoms with Gasteiger partial charge in [0.15, 0.2) is 5.17 Å². The van der Waals surface area contributed by atoms with E-state index in [9.17, 15) is 9.90 Å². The third-order valence-electron chi connectivity index (χ3n) is 4.52. The normalized spacial score (nSPS) is 29.4. The van der Waals surface area contributed by atoms with Crippen LogP contribution in [0.4, 0.5) is 0 Å². The van der Waals surface area contributed by atoms with Gasteiger partial charge in [-0.2, -0.15) is 4.99 Å². The van der Waals surface area contributed by atoms with Gasteiger partial charge in [0.2, 0.25) is 6.41 Å². The second-order valence-corrected chi connectivity index (χ2v) is 7.67. The molecule has 1 amide bonds. The molecule has 0 aromatic heterocycles. The van der Waals surface area contributed by atoms with E-state index < -0.39 is 0 Å². The monoisotopic (exact) mass is 310 g/mol. The minimum absolute atomic E-state index is 0.146. The molecule has 2 N–H and O–H groups in total. The summed E-state index contributed by atoms with van der Waals surface area (Å²) in [7, 11) is 0. The first-order chi connectivity index (χ1) is 10.1. The van der Waals surface area contributed by atoms with E-state index in [1.165, 1.54) is 25.7 Å². The summed E-state index contributed by atoms with van der Waals surface area (Å²) in [6.45, 7) is 6.08. The molecule has 4 nitrogen and oxygen atoms in total. The van der Waals surface area contributed by atoms with Crippen molar-refractivity contribution in [3.05, 3.63) is 12.2 Å². The van der Waals surface area contributed by atoms with Crippen LogP contribution in [-0.4, -0.2) is 34.6 Å². The second-order valence-electron chi connectivity index (χ2n) is 6.38. The van der Waals surface area contributed by atoms with Gasteiger partial charge in [0.05, 0.1) is 0 Å². The predicted molar refractivity (Wildman–Crippen MR) is 88.4 cm³/mol. The molecule has 118 valence electrons. The van der Waals surface area contributed by atoms with Crippen LogP contribution < -0.4 is 5.32 Å². The van der Waals surface area contributed by atoms with E-state index in [1.807, 2.05) is 6.92 Å². The van der Waals surface area contributed by atoms with Gasteiger partial charge in [0.25, 0.3) is 0 Å². The molecule has 4 atom stereocenters. The van der Waals surface area contributed by atoms with Crippen molar-refractivity contribution in [2.75, 3.05) is 6.61 Å². The first-order valence-corrected chi connectivity index (χ1v) is 8.70. The number of rotatable bonds is 7. The largest absolute Gasteiger partial charge is 0.396 e. The zero-order valence-corrected chi connectivity index (χ0v) is 13.6. The SMILES string of the molecule is C=C(C)CC(CCO)S/C(=N\C=O)N[C@H]1C[C@@H]2CC[C@H]1C2. The molecule has 5 heteroatoms. The van der Waals surface area contributed by atoms with Crippen molar-refractivity contribution >= 4 is 23.3 Å². The smallest absolute Gasteiger partial charge is 0.235 e. The van der Waals surface area contributed by atoms with E-state index in [0.717, 1.165) is 23.8 Å². The van der Waals surface area contributed by atoms with Gasteiger partial charge in [-0.1, -0.05) is 23.8 Å². The summed E-state index contributed by atoms with van der Waals surface area (Å²) in [5.74, 6) is 1.60. The first kappa shape index (κ1) is 16.6. The van der Waals surface area contributed by atoms with Gasteiger partial charge in [-0.3, -0.25) is 4.79 Å². The maximum absolute atomic E-state index is 10.8. The standard InChI is InChI=1S/C16H26N2O2S/c1-11(2)7-14(5-6-19)21-16(17-10-20)18-15-9-12-3-4-13(15)8-12/h10,12-15,19H,1,3-9H2,2H3,(H,17,18,20)/t12-,13+,14?,15+/m1/s1. The lowest BCUT2D eigenvalue weighted by molar-refractivity contribution is -0.106. The average molecular weight is 310 g/mol. The Labute approximate surface area is 131 Å². The fourth-order valence-electron chi connectivity index (χ4n) is 3.62. The Balaban J connectivity index is 1.92. The summed E-state index contributed by atoms with van der Waals surface area (Å²) >= 11 is 1.57. The number of allylic oxidation sites excluding steroid dienone is 1. The summed E-state index contributed by atoms with van der Waals surface area (Å²) < 4.78 is 0. The molecular weight excluding hydrogens is 284 g/mol. The number of amides is 1. The molecule has 2 bridgehead atoms. The minimum atomic E-state index is 0.146. The molecule has 0 radical (unpaired) electrons. The van der Waals surface area contributed by atoms with Gasteiger partial charge in [0.1, 0.15) is 0 Å². The Morgan fingerprint density at radius 3 is 2.86 bits per heavy atom. The van der Waals surface area contributed by atoms with Crippen LogP contribution in [0.1, 0.15) is 45.4 Å². The van der Waals surface area contributed by atoms with Crippen molar-refractivity contribution in [3.63, 3.8) is 0 Å². The molecular formula is C16H26N2O2S. The number of thioether (sulfide) groups is 1. The molecule has 0 spiro atoms. The zero-order chi connectivity index (χ0) is 15.2. The third-order valence-corrected chi connectivity index (χ3v) is 5.70. The van der Waals surface area contributed by atoms with Crippen molar-refractivity contribution in [1.82, 2.24) is 5.32 Å². The van der Waals surface area contributed by atoms with Gasteiger partial charge in [0, 0.05) is 17.9 Å². The van der Waals surface area contributed by atoms with Gasteiger partial charge in [-0.25, -0.2) is 0 Å². The summed E-state index contributed by atoms with van der Waals surface area (Å²) in [5, 5.41) is 13.6. The van der Waals surface area contributed by atoms with E-state index in [0.29, 0.717) is 24.0 Å². The highest BCUT2D eigenvalue weighted by atomic mass is 32.2. The maximum Gasteiger partial charge on any atom is 0.235 e. The van der Waals surface area contributed by atoms with E-state index >= 15 is 0 Å². The molecule has 0 heterocycles. The van der Waals surface area contributed by atoms with Gasteiger partial charge in [-0.05, 0) is 50.9 Å². The van der Waals surface area contributed by atoms with E-state index in [2.05, 4.69) is 16.9 Å². The lowest BCUT2D eigenvalue weighted by atomic mass is 9.96. The average Bonchev–Trinajstić information content (AvgIpc) is 3.00. The highest BCUT2D eigenvalue weighted by Gasteiger charge is 2.39. The summed E-state index contributed by atoms with van der Waals surface area (Å²) in [6, 6.07) is 0.467. The molecule has 2 fully saturated rings. The van der Waals surface area contributed by atoms with Crippen molar-refractivity contribution in [2.45, 2.75) is 56.7 Å². The van der Waals surface area contributed by atoms with E-state index in [4.69, 9.17) is 0 Å². The predicted octanol–water partition coefficient (Wildman–Crippen LogP) is 2.73. The van der Waals surface area contributed by atoms with Crippen LogP contribution in [0.25, 0.3) is 0 Å². The first-order valence-electron chi connectivity index (χ1n) is 7.82. The number of carbonyl (C=O) groups is 1. The van der Waals surface area contributed by atoms with Crippen LogP contribution in [0, 0.1) is 11.8 Å². The van der Waals surface area contributed by atoms with Crippen LogP contribution in [0.3, 0.4) is 0 Å². The van der Waals surface area contributed by atoms with Crippen molar-refractivity contribution in [1.29, 1.82) is 0 Å². The summed E-state index contributed by atoms with van der Waals surface area (Å²) in [5.41, 5.74) is 1.09. The number of fused-ring (bicyclic) bond motifs is 2. The molecule has 0 aromatic rings. The lowest BCUT2D eigenvalue weighted by Crippen LogP contribution is -2.38. The Morgan fingerprint density at radius 1 is 1.52 bits per heavy atom. The number of carbonyl (C=O) groups excluding carboxylic acids is 1. The summed E-state index contributed by atoms with van der Waals surface area (Å²) in [6.07, 6.45) is 7.32. The molecule has 2 aliphatic rings. The fraction of sp³-hybridized carbons (Fsp3) is 0.750. The number of hydrogen-bond donors (Lipinski definition) is 2. The highest BCUT2D eigenvalue weighted by Crippen LogP contribution is 2.44. The van der Waals surface area contributed by atoms with Crippen LogP contribution in [0.2, 0.25) is 0 Å². The maximum atomic E-state index is 10.8. The Morgan fingerprint density at radius 2 is 2.33 bits per heavy atom. The minimum Gasteiger partial charge on any atom is -0.396 e. The number of nitrogens with one attached hydrogen (secondary N) is 1. The Hall–Kier alpha value is -0.810. The number of aliphatic hydroxyl groups is 1. The number of amidine groups is 1. The van der Waals surface area contributed by atoms with Crippen molar-refractivity contribution < 1.29 is 9.90 Å². The molecule has 0 aliphatic heterocycles. The highest BCUT2D eigenvalue weighted by molar-refractivity contribution is 8.14. The van der Waals surface area contributed by atoms with Gasteiger partial charge >= 0.3 is 0 Å². The van der Waals surface area contributed by atoms with Crippen LogP contribution in [-0.2, 0) is 4.79 Å².